The zero-order chi connectivity index (χ0) is 16.3. The number of hydrogen-bond donors (Lipinski definition) is 1. The van der Waals surface area contributed by atoms with Crippen molar-refractivity contribution in [2.45, 2.75) is 26.7 Å². The Hall–Kier alpha value is -1.75. The largest absolute Gasteiger partial charge is 0.495 e. The summed E-state index contributed by atoms with van der Waals surface area (Å²) >= 11 is 6.10. The molecule has 120 valence electrons. The van der Waals surface area contributed by atoms with Gasteiger partial charge < -0.3 is 15.0 Å². The van der Waals surface area contributed by atoms with E-state index in [1.54, 1.807) is 11.0 Å². The van der Waals surface area contributed by atoms with Crippen molar-refractivity contribution in [3.05, 3.63) is 22.7 Å². The molecule has 1 aromatic carbocycles. The smallest absolute Gasteiger partial charge is 0.224 e. The van der Waals surface area contributed by atoms with Crippen molar-refractivity contribution in [2.75, 3.05) is 25.1 Å². The molecule has 0 spiro atoms. The van der Waals surface area contributed by atoms with Crippen LogP contribution in [0.3, 0.4) is 0 Å². The number of rotatable bonds is 6. The summed E-state index contributed by atoms with van der Waals surface area (Å²) in [5, 5.41) is 3.45. The molecule has 0 atom stereocenters. The Kier molecular flexibility index (Phi) is 5.29. The molecule has 0 aromatic heterocycles. The topological polar surface area (TPSA) is 58.6 Å². The molecule has 0 unspecified atom stereocenters. The van der Waals surface area contributed by atoms with Crippen LogP contribution in [0.1, 0.15) is 25.3 Å². The molecule has 1 aromatic rings. The third-order valence-electron chi connectivity index (χ3n) is 3.71. The van der Waals surface area contributed by atoms with Crippen LogP contribution in [0.5, 0.6) is 5.75 Å². The summed E-state index contributed by atoms with van der Waals surface area (Å²) in [6, 6.07) is 3.52. The van der Waals surface area contributed by atoms with Crippen molar-refractivity contribution < 1.29 is 14.3 Å². The minimum absolute atomic E-state index is 0.0720. The molecule has 1 fully saturated rings. The number of amides is 2. The highest BCUT2D eigenvalue weighted by molar-refractivity contribution is 6.31. The first kappa shape index (κ1) is 16.6. The second kappa shape index (κ2) is 7.01. The van der Waals surface area contributed by atoms with E-state index in [2.05, 4.69) is 5.32 Å². The van der Waals surface area contributed by atoms with Crippen molar-refractivity contribution in [2.24, 2.45) is 5.92 Å². The van der Waals surface area contributed by atoms with Crippen LogP contribution in [0.2, 0.25) is 5.02 Å². The Morgan fingerprint density at radius 2 is 2.09 bits per heavy atom. The summed E-state index contributed by atoms with van der Waals surface area (Å²) in [6.07, 6.45) is 1.93. The number of hydrogen-bond acceptors (Lipinski definition) is 3. The van der Waals surface area contributed by atoms with E-state index in [1.165, 1.54) is 14.0 Å². The van der Waals surface area contributed by atoms with Gasteiger partial charge in [-0.3, -0.25) is 9.59 Å². The van der Waals surface area contributed by atoms with Crippen LogP contribution in [0.4, 0.5) is 5.69 Å². The first-order valence-corrected chi connectivity index (χ1v) is 7.71. The van der Waals surface area contributed by atoms with E-state index in [0.717, 1.165) is 18.4 Å². The average Bonchev–Trinajstić information content (AvgIpc) is 3.30. The van der Waals surface area contributed by atoms with Gasteiger partial charge in [0.1, 0.15) is 5.75 Å². The lowest BCUT2D eigenvalue weighted by Crippen LogP contribution is -2.38. The molecule has 0 bridgehead atoms. The van der Waals surface area contributed by atoms with E-state index >= 15 is 0 Å². The maximum absolute atomic E-state index is 12.0. The van der Waals surface area contributed by atoms with Gasteiger partial charge in [0.15, 0.2) is 0 Å². The molecule has 0 saturated heterocycles. The standard InChI is InChI=1S/C16H21ClN2O3/c1-10-8-14(15(22-3)9-13(10)17)19(11(2)20)7-6-18-16(21)12-4-5-12/h8-9,12H,4-7H2,1-3H3,(H,18,21). The third kappa shape index (κ3) is 3.91. The van der Waals surface area contributed by atoms with E-state index in [9.17, 15) is 9.59 Å². The highest BCUT2D eigenvalue weighted by Crippen LogP contribution is 2.34. The molecular formula is C16H21ClN2O3. The predicted octanol–water partition coefficient (Wildman–Crippen LogP) is 2.54. The van der Waals surface area contributed by atoms with Gasteiger partial charge in [0, 0.05) is 37.0 Å². The number of halogens is 1. The van der Waals surface area contributed by atoms with Gasteiger partial charge in [0.05, 0.1) is 12.8 Å². The zero-order valence-electron chi connectivity index (χ0n) is 13.1. The van der Waals surface area contributed by atoms with Crippen LogP contribution in [0.15, 0.2) is 12.1 Å². The molecule has 0 heterocycles. The van der Waals surface area contributed by atoms with Crippen molar-refractivity contribution >= 4 is 29.1 Å². The first-order chi connectivity index (χ1) is 10.4. The minimum Gasteiger partial charge on any atom is -0.495 e. The van der Waals surface area contributed by atoms with Crippen LogP contribution < -0.4 is 15.0 Å². The lowest BCUT2D eigenvalue weighted by Gasteiger charge is -2.24. The lowest BCUT2D eigenvalue weighted by atomic mass is 10.2. The summed E-state index contributed by atoms with van der Waals surface area (Å²) in [5.74, 6) is 0.667. The first-order valence-electron chi connectivity index (χ1n) is 7.34. The highest BCUT2D eigenvalue weighted by Gasteiger charge is 2.29. The fraction of sp³-hybridized carbons (Fsp3) is 0.500. The normalized spacial score (nSPS) is 13.6. The van der Waals surface area contributed by atoms with E-state index < -0.39 is 0 Å². The molecule has 2 amide bonds. The Morgan fingerprint density at radius 1 is 1.41 bits per heavy atom. The van der Waals surface area contributed by atoms with Crippen molar-refractivity contribution in [3.8, 4) is 5.75 Å². The summed E-state index contributed by atoms with van der Waals surface area (Å²) in [7, 11) is 1.54. The number of methoxy groups -OCH3 is 1. The molecule has 2 rings (SSSR count). The molecular weight excluding hydrogens is 304 g/mol. The Balaban J connectivity index is 2.11. The number of nitrogens with zero attached hydrogens (tertiary/aromatic N) is 1. The van der Waals surface area contributed by atoms with Gasteiger partial charge >= 0.3 is 0 Å². The molecule has 1 N–H and O–H groups in total. The quantitative estimate of drug-likeness (QED) is 0.874. The predicted molar refractivity (Wildman–Crippen MR) is 86.5 cm³/mol. The second-order valence-corrected chi connectivity index (χ2v) is 5.92. The van der Waals surface area contributed by atoms with E-state index in [4.69, 9.17) is 16.3 Å². The number of carbonyl (C=O) groups is 2. The number of aryl methyl sites for hydroxylation is 1. The maximum Gasteiger partial charge on any atom is 0.224 e. The van der Waals surface area contributed by atoms with Crippen molar-refractivity contribution in [3.63, 3.8) is 0 Å². The molecule has 22 heavy (non-hydrogen) atoms. The molecule has 6 heteroatoms. The van der Waals surface area contributed by atoms with Gasteiger partial charge in [-0.2, -0.15) is 0 Å². The Bertz CT molecular complexity index is 585. The van der Waals surface area contributed by atoms with Gasteiger partial charge in [-0.05, 0) is 31.4 Å². The van der Waals surface area contributed by atoms with Crippen LogP contribution in [0.25, 0.3) is 0 Å². The van der Waals surface area contributed by atoms with Crippen LogP contribution in [-0.2, 0) is 9.59 Å². The van der Waals surface area contributed by atoms with E-state index in [-0.39, 0.29) is 17.7 Å². The summed E-state index contributed by atoms with van der Waals surface area (Å²) in [5.41, 5.74) is 1.53. The monoisotopic (exact) mass is 324 g/mol. The fourth-order valence-electron chi connectivity index (χ4n) is 2.25. The minimum atomic E-state index is -0.110. The van der Waals surface area contributed by atoms with Gasteiger partial charge in [-0.25, -0.2) is 0 Å². The van der Waals surface area contributed by atoms with Crippen LogP contribution in [0, 0.1) is 12.8 Å². The van der Waals surface area contributed by atoms with Crippen molar-refractivity contribution in [1.29, 1.82) is 0 Å². The Labute approximate surface area is 135 Å². The highest BCUT2D eigenvalue weighted by atomic mass is 35.5. The summed E-state index contributed by atoms with van der Waals surface area (Å²) in [6.45, 7) is 4.18. The summed E-state index contributed by atoms with van der Waals surface area (Å²) < 4.78 is 5.32. The van der Waals surface area contributed by atoms with Gasteiger partial charge in [-0.1, -0.05) is 11.6 Å². The SMILES string of the molecule is COc1cc(Cl)c(C)cc1N(CCNC(=O)C1CC1)C(C)=O. The molecule has 0 radical (unpaired) electrons. The molecule has 0 aliphatic heterocycles. The molecule has 5 nitrogen and oxygen atoms in total. The van der Waals surface area contributed by atoms with Gasteiger partial charge in [0.25, 0.3) is 0 Å². The molecule has 1 aliphatic rings. The van der Waals surface area contributed by atoms with Gasteiger partial charge in [0.2, 0.25) is 11.8 Å². The van der Waals surface area contributed by atoms with Crippen LogP contribution in [-0.4, -0.2) is 32.0 Å². The number of benzene rings is 1. The van der Waals surface area contributed by atoms with E-state index in [0.29, 0.717) is 29.5 Å². The second-order valence-electron chi connectivity index (χ2n) is 5.51. The van der Waals surface area contributed by atoms with Crippen molar-refractivity contribution in [1.82, 2.24) is 5.32 Å². The fourth-order valence-corrected chi connectivity index (χ4v) is 2.40. The third-order valence-corrected chi connectivity index (χ3v) is 4.12. The van der Waals surface area contributed by atoms with Gasteiger partial charge in [-0.15, -0.1) is 0 Å². The maximum atomic E-state index is 12.0. The lowest BCUT2D eigenvalue weighted by molar-refractivity contribution is -0.122. The average molecular weight is 325 g/mol. The number of anilines is 1. The molecule has 1 saturated carbocycles. The summed E-state index contributed by atoms with van der Waals surface area (Å²) in [4.78, 5) is 25.2. The number of carbonyl (C=O) groups excluding carboxylic acids is 2. The molecule has 1 aliphatic carbocycles. The van der Waals surface area contributed by atoms with Crippen LogP contribution >= 0.6 is 11.6 Å². The zero-order valence-corrected chi connectivity index (χ0v) is 13.9. The Morgan fingerprint density at radius 3 is 2.64 bits per heavy atom. The number of ether oxygens (including phenoxy) is 1. The number of nitrogens with one attached hydrogen (secondary N) is 1. The van der Waals surface area contributed by atoms with E-state index in [1.807, 2.05) is 13.0 Å².